The number of aliphatic hydroxyl groups is 2. The molecule has 0 aliphatic carbocycles. The summed E-state index contributed by atoms with van der Waals surface area (Å²) in [5, 5.41) is 26.9. The summed E-state index contributed by atoms with van der Waals surface area (Å²) in [7, 11) is 1.76. The van der Waals surface area contributed by atoms with Crippen LogP contribution in [-0.4, -0.2) is 60.1 Å². The number of fused-ring (bicyclic) bond motifs is 2. The van der Waals surface area contributed by atoms with E-state index in [1.165, 1.54) is 6.07 Å². The molecule has 9 heteroatoms. The van der Waals surface area contributed by atoms with Crippen LogP contribution in [0.3, 0.4) is 0 Å². The molecule has 0 atom stereocenters. The Balaban J connectivity index is 1.73. The Morgan fingerprint density at radius 1 is 1.09 bits per heavy atom. The fourth-order valence-corrected chi connectivity index (χ4v) is 4.37. The molecule has 0 unspecified atom stereocenters. The zero-order valence-electron chi connectivity index (χ0n) is 19.5. The van der Waals surface area contributed by atoms with Gasteiger partial charge >= 0.3 is 0 Å². The van der Waals surface area contributed by atoms with Crippen LogP contribution >= 0.6 is 0 Å². The van der Waals surface area contributed by atoms with Crippen molar-refractivity contribution in [3.05, 3.63) is 59.2 Å². The van der Waals surface area contributed by atoms with Crippen LogP contribution in [-0.2, 0) is 12.5 Å². The van der Waals surface area contributed by atoms with E-state index in [0.29, 0.717) is 29.4 Å². The first-order valence-corrected chi connectivity index (χ1v) is 11.4. The lowest BCUT2D eigenvalue weighted by Crippen LogP contribution is -2.44. The Hall–Kier alpha value is -2.88. The van der Waals surface area contributed by atoms with Crippen molar-refractivity contribution in [2.24, 2.45) is 5.41 Å². The number of halogens is 2. The number of hydrogen-bond acceptors (Lipinski definition) is 7. The molecule has 1 aliphatic rings. The first kappa shape index (κ1) is 24.3. The second-order valence-corrected chi connectivity index (χ2v) is 9.13. The van der Waals surface area contributed by atoms with E-state index in [1.54, 1.807) is 30.1 Å². The Labute approximate surface area is 197 Å². The lowest BCUT2D eigenvalue weighted by atomic mass is 9.90. The summed E-state index contributed by atoms with van der Waals surface area (Å²) in [6, 6.07) is 12.4. The third kappa shape index (κ3) is 4.82. The quantitative estimate of drug-likeness (QED) is 0.401. The lowest BCUT2D eigenvalue weighted by Gasteiger charge is -2.30. The van der Waals surface area contributed by atoms with Crippen molar-refractivity contribution in [2.45, 2.75) is 25.8 Å². The number of anilines is 2. The average molecular weight is 472 g/mol. The van der Waals surface area contributed by atoms with Gasteiger partial charge in [-0.2, -0.15) is 4.98 Å². The number of benzene rings is 2. The van der Waals surface area contributed by atoms with Gasteiger partial charge in [0.15, 0.2) is 0 Å². The number of aliphatic hydroxyl groups excluding tert-OH is 2. The van der Waals surface area contributed by atoms with Crippen LogP contribution in [0.2, 0.25) is 0 Å². The van der Waals surface area contributed by atoms with E-state index < -0.39 is 11.3 Å². The molecule has 1 aromatic heterocycles. The standard InChI is InChI=1S/C25H31F2N5O2/c1-17-7-8-21-19(11-17)22(29-14-24(15-33,16-34)13-28-2)31-23(30-21)32-10-9-25(26,27)20-6-4-3-5-18(20)12-32/h3-8,11,28,33-34H,9-10,12-16H2,1-2H3,(H,29,30,31). The van der Waals surface area contributed by atoms with E-state index in [4.69, 9.17) is 9.97 Å². The Morgan fingerprint density at radius 3 is 2.59 bits per heavy atom. The van der Waals surface area contributed by atoms with Gasteiger partial charge in [-0.25, -0.2) is 13.8 Å². The topological polar surface area (TPSA) is 93.5 Å². The van der Waals surface area contributed by atoms with Crippen LogP contribution in [0.4, 0.5) is 20.5 Å². The third-order valence-corrected chi connectivity index (χ3v) is 6.44. The average Bonchev–Trinajstić information content (AvgIpc) is 2.97. The van der Waals surface area contributed by atoms with Crippen molar-refractivity contribution in [1.82, 2.24) is 15.3 Å². The van der Waals surface area contributed by atoms with E-state index in [9.17, 15) is 19.0 Å². The lowest BCUT2D eigenvalue weighted by molar-refractivity contribution is -0.00969. The van der Waals surface area contributed by atoms with Gasteiger partial charge in [0.25, 0.3) is 5.92 Å². The van der Waals surface area contributed by atoms with E-state index in [1.807, 2.05) is 25.1 Å². The molecule has 1 aliphatic heterocycles. The SMILES string of the molecule is CNCC(CO)(CO)CNc1nc(N2CCC(F)(F)c3ccccc3C2)nc2ccc(C)cc12. The van der Waals surface area contributed by atoms with Crippen molar-refractivity contribution < 1.29 is 19.0 Å². The van der Waals surface area contributed by atoms with Gasteiger partial charge in [-0.15, -0.1) is 0 Å². The molecule has 0 radical (unpaired) electrons. The fourth-order valence-electron chi connectivity index (χ4n) is 4.37. The van der Waals surface area contributed by atoms with Gasteiger partial charge in [0, 0.05) is 49.0 Å². The van der Waals surface area contributed by atoms with E-state index in [-0.39, 0.29) is 44.8 Å². The highest BCUT2D eigenvalue weighted by atomic mass is 19.3. The molecule has 2 heterocycles. The van der Waals surface area contributed by atoms with Crippen molar-refractivity contribution in [3.63, 3.8) is 0 Å². The maximum absolute atomic E-state index is 14.8. The van der Waals surface area contributed by atoms with Gasteiger partial charge in [0.2, 0.25) is 5.95 Å². The number of nitrogens with zero attached hydrogens (tertiary/aromatic N) is 3. The normalized spacial score (nSPS) is 15.8. The van der Waals surface area contributed by atoms with Crippen molar-refractivity contribution in [3.8, 4) is 0 Å². The summed E-state index contributed by atoms with van der Waals surface area (Å²) in [5.74, 6) is -2.02. The zero-order chi connectivity index (χ0) is 24.3. The Kier molecular flexibility index (Phi) is 6.97. The summed E-state index contributed by atoms with van der Waals surface area (Å²) < 4.78 is 29.6. The minimum atomic E-state index is -2.92. The molecule has 2 aromatic carbocycles. The highest BCUT2D eigenvalue weighted by Gasteiger charge is 2.37. The predicted molar refractivity (Wildman–Crippen MR) is 129 cm³/mol. The summed E-state index contributed by atoms with van der Waals surface area (Å²) in [5.41, 5.74) is 1.53. The van der Waals surface area contributed by atoms with Crippen LogP contribution in [0.5, 0.6) is 0 Å². The summed E-state index contributed by atoms with van der Waals surface area (Å²) in [6.45, 7) is 2.59. The molecule has 0 saturated heterocycles. The number of nitrogens with one attached hydrogen (secondary N) is 2. The fraction of sp³-hybridized carbons (Fsp3) is 0.440. The molecule has 4 N–H and O–H groups in total. The highest BCUT2D eigenvalue weighted by molar-refractivity contribution is 5.90. The van der Waals surface area contributed by atoms with Gasteiger partial charge in [0.05, 0.1) is 18.7 Å². The van der Waals surface area contributed by atoms with Gasteiger partial charge in [-0.3, -0.25) is 0 Å². The maximum atomic E-state index is 14.8. The van der Waals surface area contributed by atoms with Crippen molar-refractivity contribution in [1.29, 1.82) is 0 Å². The van der Waals surface area contributed by atoms with E-state index >= 15 is 0 Å². The second kappa shape index (κ2) is 9.77. The predicted octanol–water partition coefficient (Wildman–Crippen LogP) is 3.04. The molecule has 0 fully saturated rings. The van der Waals surface area contributed by atoms with Gasteiger partial charge in [-0.05, 0) is 31.7 Å². The molecule has 0 saturated carbocycles. The molecule has 0 bridgehead atoms. The third-order valence-electron chi connectivity index (χ3n) is 6.44. The van der Waals surface area contributed by atoms with Crippen LogP contribution in [0, 0.1) is 12.3 Å². The van der Waals surface area contributed by atoms with Crippen molar-refractivity contribution >= 4 is 22.7 Å². The first-order chi connectivity index (χ1) is 16.3. The Morgan fingerprint density at radius 2 is 1.85 bits per heavy atom. The van der Waals surface area contributed by atoms with E-state index in [0.717, 1.165) is 10.9 Å². The second-order valence-electron chi connectivity index (χ2n) is 9.13. The highest BCUT2D eigenvalue weighted by Crippen LogP contribution is 2.38. The molecular weight excluding hydrogens is 440 g/mol. The molecular formula is C25H31F2N5O2. The molecule has 34 heavy (non-hydrogen) atoms. The van der Waals surface area contributed by atoms with Crippen LogP contribution in [0.25, 0.3) is 10.9 Å². The molecule has 0 amide bonds. The number of rotatable bonds is 8. The van der Waals surface area contributed by atoms with Crippen LogP contribution in [0.15, 0.2) is 42.5 Å². The number of aryl methyl sites for hydroxylation is 1. The summed E-state index contributed by atoms with van der Waals surface area (Å²) in [6.07, 6.45) is -0.331. The number of alkyl halides is 2. The minimum absolute atomic E-state index is 0.0509. The van der Waals surface area contributed by atoms with Gasteiger partial charge in [-0.1, -0.05) is 35.9 Å². The largest absolute Gasteiger partial charge is 0.396 e. The number of aromatic nitrogens is 2. The smallest absolute Gasteiger partial charge is 0.275 e. The minimum Gasteiger partial charge on any atom is -0.396 e. The monoisotopic (exact) mass is 471 g/mol. The first-order valence-electron chi connectivity index (χ1n) is 11.4. The van der Waals surface area contributed by atoms with Crippen LogP contribution in [0.1, 0.15) is 23.1 Å². The van der Waals surface area contributed by atoms with E-state index in [2.05, 4.69) is 10.6 Å². The van der Waals surface area contributed by atoms with Crippen molar-refractivity contribution in [2.75, 3.05) is 50.1 Å². The van der Waals surface area contributed by atoms with Gasteiger partial charge < -0.3 is 25.7 Å². The summed E-state index contributed by atoms with van der Waals surface area (Å²) in [4.78, 5) is 11.2. The number of hydrogen-bond donors (Lipinski definition) is 4. The maximum Gasteiger partial charge on any atom is 0.275 e. The van der Waals surface area contributed by atoms with Crippen LogP contribution < -0.4 is 15.5 Å². The molecule has 7 nitrogen and oxygen atoms in total. The summed E-state index contributed by atoms with van der Waals surface area (Å²) >= 11 is 0. The van der Waals surface area contributed by atoms with Gasteiger partial charge in [0.1, 0.15) is 5.82 Å². The Bertz CT molecular complexity index is 1150. The molecule has 4 rings (SSSR count). The molecule has 3 aromatic rings. The molecule has 0 spiro atoms. The molecule has 182 valence electrons. The zero-order valence-corrected chi connectivity index (χ0v) is 19.5.